The van der Waals surface area contributed by atoms with Crippen LogP contribution in [0.1, 0.15) is 31.4 Å². The molecule has 2 aliphatic rings. The van der Waals surface area contributed by atoms with Gasteiger partial charge in [0, 0.05) is 11.8 Å². The molecule has 0 N–H and O–H groups in total. The van der Waals surface area contributed by atoms with Crippen LogP contribution in [0.3, 0.4) is 0 Å². The van der Waals surface area contributed by atoms with E-state index in [-0.39, 0.29) is 0 Å². The molecular formula is C19H21NO2. The third-order valence-corrected chi connectivity index (χ3v) is 4.34. The van der Waals surface area contributed by atoms with E-state index in [1.807, 2.05) is 18.2 Å². The first kappa shape index (κ1) is 13.6. The minimum Gasteiger partial charge on any atom is -0.462 e. The molecule has 0 bridgehead atoms. The molecule has 3 nitrogen and oxygen atoms in total. The number of hydrogen-bond donors (Lipinski definition) is 0. The molecule has 2 aromatic rings. The largest absolute Gasteiger partial charge is 0.462 e. The lowest BCUT2D eigenvalue weighted by atomic mass is 10.1. The molecule has 0 saturated carbocycles. The summed E-state index contributed by atoms with van der Waals surface area (Å²) in [6.45, 7) is 3.29. The smallest absolute Gasteiger partial charge is 0.134 e. The van der Waals surface area contributed by atoms with E-state index in [9.17, 15) is 0 Å². The van der Waals surface area contributed by atoms with Crippen LogP contribution in [0.4, 0.5) is 0 Å². The standard InChI is InChI=1S/C19H21NO2/c1-2-6-16(7-3-1)21-17-8-9-19-15(12-17)13-18(22-19)14-20-10-4-5-11-20/h1-2,6,8-9,12-13H,3-5,7,10-11,14H2. The summed E-state index contributed by atoms with van der Waals surface area (Å²) in [6, 6.07) is 8.23. The Kier molecular flexibility index (Phi) is 3.73. The van der Waals surface area contributed by atoms with Gasteiger partial charge >= 0.3 is 0 Å². The molecule has 22 heavy (non-hydrogen) atoms. The second-order valence-electron chi connectivity index (χ2n) is 6.10. The molecule has 2 heterocycles. The van der Waals surface area contributed by atoms with Crippen LogP contribution in [0.5, 0.6) is 5.75 Å². The molecule has 0 amide bonds. The van der Waals surface area contributed by atoms with Gasteiger partial charge in [0.25, 0.3) is 0 Å². The highest BCUT2D eigenvalue weighted by Crippen LogP contribution is 2.27. The average Bonchev–Trinajstić information content (AvgIpc) is 3.17. The van der Waals surface area contributed by atoms with Crippen molar-refractivity contribution in [2.45, 2.75) is 32.2 Å². The lowest BCUT2D eigenvalue weighted by molar-refractivity contribution is 0.302. The Morgan fingerprint density at radius 3 is 2.86 bits per heavy atom. The summed E-state index contributed by atoms with van der Waals surface area (Å²) in [5.74, 6) is 2.97. The van der Waals surface area contributed by atoms with E-state index in [2.05, 4.69) is 29.2 Å². The topological polar surface area (TPSA) is 25.6 Å². The zero-order chi connectivity index (χ0) is 14.8. The van der Waals surface area contributed by atoms with Crippen molar-refractivity contribution in [1.29, 1.82) is 0 Å². The second-order valence-corrected chi connectivity index (χ2v) is 6.10. The summed E-state index contributed by atoms with van der Waals surface area (Å²) in [7, 11) is 0. The first-order chi connectivity index (χ1) is 10.9. The predicted molar refractivity (Wildman–Crippen MR) is 87.8 cm³/mol. The van der Waals surface area contributed by atoms with Crippen LogP contribution < -0.4 is 4.74 Å². The Hall–Kier alpha value is -2.00. The maximum atomic E-state index is 5.96. The van der Waals surface area contributed by atoms with E-state index in [1.165, 1.54) is 25.9 Å². The van der Waals surface area contributed by atoms with Crippen molar-refractivity contribution in [3.05, 3.63) is 54.0 Å². The Labute approximate surface area is 130 Å². The highest BCUT2D eigenvalue weighted by Gasteiger charge is 2.14. The summed E-state index contributed by atoms with van der Waals surface area (Å²) in [5, 5.41) is 1.12. The first-order valence-electron chi connectivity index (χ1n) is 8.15. The molecule has 1 saturated heterocycles. The Morgan fingerprint density at radius 1 is 1.14 bits per heavy atom. The van der Waals surface area contributed by atoms with Crippen LogP contribution in [-0.4, -0.2) is 18.0 Å². The van der Waals surface area contributed by atoms with Crippen molar-refractivity contribution in [2.24, 2.45) is 0 Å². The Bertz CT molecular complexity index is 720. The van der Waals surface area contributed by atoms with Crippen LogP contribution in [0, 0.1) is 0 Å². The summed E-state index contributed by atoms with van der Waals surface area (Å²) in [6.07, 6.45) is 10.9. The van der Waals surface area contributed by atoms with Crippen LogP contribution in [0.2, 0.25) is 0 Å². The van der Waals surface area contributed by atoms with Crippen molar-refractivity contribution >= 4 is 11.0 Å². The van der Waals surface area contributed by atoms with Gasteiger partial charge in [-0.2, -0.15) is 0 Å². The lowest BCUT2D eigenvalue weighted by Crippen LogP contribution is -2.17. The third-order valence-electron chi connectivity index (χ3n) is 4.34. The van der Waals surface area contributed by atoms with Crippen molar-refractivity contribution < 1.29 is 9.15 Å². The molecule has 1 aliphatic heterocycles. The van der Waals surface area contributed by atoms with Crippen LogP contribution >= 0.6 is 0 Å². The molecule has 114 valence electrons. The average molecular weight is 295 g/mol. The zero-order valence-electron chi connectivity index (χ0n) is 12.8. The predicted octanol–water partition coefficient (Wildman–Crippen LogP) is 4.64. The van der Waals surface area contributed by atoms with E-state index in [0.717, 1.165) is 47.6 Å². The summed E-state index contributed by atoms with van der Waals surface area (Å²) >= 11 is 0. The maximum Gasteiger partial charge on any atom is 0.134 e. The number of benzene rings is 1. The summed E-state index contributed by atoms with van der Waals surface area (Å²) in [5.41, 5.74) is 0.944. The van der Waals surface area contributed by atoms with Gasteiger partial charge in [0.15, 0.2) is 0 Å². The van der Waals surface area contributed by atoms with Gasteiger partial charge in [-0.15, -0.1) is 0 Å². The first-order valence-corrected chi connectivity index (χ1v) is 8.15. The number of nitrogens with zero attached hydrogens (tertiary/aromatic N) is 1. The van der Waals surface area contributed by atoms with Gasteiger partial charge in [0.2, 0.25) is 0 Å². The number of allylic oxidation sites excluding steroid dienone is 4. The molecule has 1 aliphatic carbocycles. The molecule has 0 radical (unpaired) electrons. The fourth-order valence-corrected chi connectivity index (χ4v) is 3.20. The summed E-state index contributed by atoms with van der Waals surface area (Å²) in [4.78, 5) is 2.45. The molecule has 0 spiro atoms. The van der Waals surface area contributed by atoms with E-state index < -0.39 is 0 Å². The van der Waals surface area contributed by atoms with Crippen LogP contribution in [0.25, 0.3) is 11.0 Å². The number of ether oxygens (including phenoxy) is 1. The monoisotopic (exact) mass is 295 g/mol. The van der Waals surface area contributed by atoms with Crippen molar-refractivity contribution in [2.75, 3.05) is 13.1 Å². The quantitative estimate of drug-likeness (QED) is 0.821. The van der Waals surface area contributed by atoms with Crippen molar-refractivity contribution in [3.8, 4) is 5.75 Å². The number of rotatable bonds is 4. The fraction of sp³-hybridized carbons (Fsp3) is 0.368. The SMILES string of the molecule is C1=CCCC(Oc2ccc3oc(CN4CCCC4)cc3c2)=C1. The van der Waals surface area contributed by atoms with Crippen molar-refractivity contribution in [3.63, 3.8) is 0 Å². The van der Waals surface area contributed by atoms with Gasteiger partial charge in [-0.25, -0.2) is 0 Å². The highest BCUT2D eigenvalue weighted by molar-refractivity contribution is 5.79. The normalized spacial score (nSPS) is 18.8. The molecule has 1 aromatic heterocycles. The van der Waals surface area contributed by atoms with Crippen LogP contribution in [0.15, 0.2) is 52.7 Å². The van der Waals surface area contributed by atoms with E-state index >= 15 is 0 Å². The second kappa shape index (κ2) is 6.01. The van der Waals surface area contributed by atoms with Gasteiger partial charge in [0.05, 0.1) is 6.54 Å². The minimum absolute atomic E-state index is 0.891. The Balaban J connectivity index is 1.52. The highest BCUT2D eigenvalue weighted by atomic mass is 16.5. The van der Waals surface area contributed by atoms with Crippen molar-refractivity contribution in [1.82, 2.24) is 4.90 Å². The fourth-order valence-electron chi connectivity index (χ4n) is 3.20. The number of furan rings is 1. The number of hydrogen-bond acceptors (Lipinski definition) is 3. The molecule has 1 aromatic carbocycles. The number of fused-ring (bicyclic) bond motifs is 1. The molecule has 4 rings (SSSR count). The Morgan fingerprint density at radius 2 is 2.05 bits per heavy atom. The maximum absolute atomic E-state index is 5.96. The summed E-state index contributed by atoms with van der Waals surface area (Å²) < 4.78 is 11.9. The van der Waals surface area contributed by atoms with Gasteiger partial charge in [-0.05, 0) is 62.7 Å². The molecule has 1 fully saturated rings. The van der Waals surface area contributed by atoms with Gasteiger partial charge in [-0.1, -0.05) is 12.2 Å². The number of likely N-dealkylation sites (tertiary alicyclic amines) is 1. The van der Waals surface area contributed by atoms with E-state index in [1.54, 1.807) is 0 Å². The molecule has 3 heteroatoms. The van der Waals surface area contributed by atoms with E-state index in [4.69, 9.17) is 9.15 Å². The third kappa shape index (κ3) is 2.95. The lowest BCUT2D eigenvalue weighted by Gasteiger charge is -2.11. The zero-order valence-corrected chi connectivity index (χ0v) is 12.8. The molecular weight excluding hydrogens is 274 g/mol. The van der Waals surface area contributed by atoms with E-state index in [0.29, 0.717) is 0 Å². The van der Waals surface area contributed by atoms with Crippen LogP contribution in [-0.2, 0) is 6.54 Å². The van der Waals surface area contributed by atoms with Gasteiger partial charge in [0.1, 0.15) is 22.9 Å². The van der Waals surface area contributed by atoms with Gasteiger partial charge in [-0.3, -0.25) is 4.90 Å². The van der Waals surface area contributed by atoms with Gasteiger partial charge < -0.3 is 9.15 Å². The molecule has 0 atom stereocenters. The minimum atomic E-state index is 0.891. The molecule has 0 unspecified atom stereocenters.